The Hall–Kier alpha value is -3.71. The summed E-state index contributed by atoms with van der Waals surface area (Å²) in [5.41, 5.74) is 2.19. The SMILES string of the molecule is O=C(Cn1c2ccccc2c(=O)c2ccccc21)Nc1ccc(N2CCOCC2)c(F)c1. The fourth-order valence-corrected chi connectivity index (χ4v) is 4.24. The number of ether oxygens (including phenoxy) is 1. The molecule has 6 nitrogen and oxygen atoms in total. The number of nitrogens with zero attached hydrogens (tertiary/aromatic N) is 2. The Bertz CT molecular complexity index is 1320. The Balaban J connectivity index is 1.44. The lowest BCUT2D eigenvalue weighted by molar-refractivity contribution is -0.116. The molecule has 7 heteroatoms. The largest absolute Gasteiger partial charge is 0.378 e. The van der Waals surface area contributed by atoms with Gasteiger partial charge in [-0.3, -0.25) is 9.59 Å². The highest BCUT2D eigenvalue weighted by Gasteiger charge is 2.17. The number of morpholine rings is 1. The molecule has 1 N–H and O–H groups in total. The molecule has 0 radical (unpaired) electrons. The number of pyridine rings is 1. The minimum absolute atomic E-state index is 0.00581. The van der Waals surface area contributed by atoms with E-state index in [1.807, 2.05) is 45.9 Å². The van der Waals surface area contributed by atoms with Crippen LogP contribution >= 0.6 is 0 Å². The van der Waals surface area contributed by atoms with Crippen molar-refractivity contribution in [2.24, 2.45) is 0 Å². The van der Waals surface area contributed by atoms with Gasteiger partial charge >= 0.3 is 0 Å². The zero-order valence-corrected chi connectivity index (χ0v) is 17.4. The van der Waals surface area contributed by atoms with Crippen molar-refractivity contribution in [1.29, 1.82) is 0 Å². The Kier molecular flexibility index (Phi) is 5.33. The summed E-state index contributed by atoms with van der Waals surface area (Å²) in [5, 5.41) is 3.90. The van der Waals surface area contributed by atoms with Gasteiger partial charge in [-0.25, -0.2) is 4.39 Å². The molecule has 1 saturated heterocycles. The molecule has 1 aliphatic rings. The number of amides is 1. The normalized spacial score (nSPS) is 14.1. The van der Waals surface area contributed by atoms with Crippen LogP contribution in [0, 0.1) is 5.82 Å². The molecule has 3 aromatic carbocycles. The van der Waals surface area contributed by atoms with Gasteiger partial charge in [-0.2, -0.15) is 0 Å². The fourth-order valence-electron chi connectivity index (χ4n) is 4.24. The third-order valence-corrected chi connectivity index (χ3v) is 5.76. The van der Waals surface area contributed by atoms with Crippen LogP contribution in [0.3, 0.4) is 0 Å². The Morgan fingerprint density at radius 2 is 1.56 bits per heavy atom. The molecule has 4 aromatic rings. The quantitative estimate of drug-likeness (QED) is 0.500. The van der Waals surface area contributed by atoms with Gasteiger partial charge in [-0.15, -0.1) is 0 Å². The summed E-state index contributed by atoms with van der Waals surface area (Å²) >= 11 is 0. The lowest BCUT2D eigenvalue weighted by Crippen LogP contribution is -2.36. The molecule has 0 unspecified atom stereocenters. The molecule has 0 bridgehead atoms. The summed E-state index contributed by atoms with van der Waals surface area (Å²) in [4.78, 5) is 27.7. The number of carbonyl (C=O) groups excluding carboxylic acids is 1. The van der Waals surface area contributed by atoms with E-state index in [9.17, 15) is 14.0 Å². The highest BCUT2D eigenvalue weighted by Crippen LogP contribution is 2.24. The van der Waals surface area contributed by atoms with Crippen LogP contribution in [-0.2, 0) is 16.1 Å². The van der Waals surface area contributed by atoms with Gasteiger partial charge in [0.2, 0.25) is 5.91 Å². The first-order valence-electron chi connectivity index (χ1n) is 10.5. The molecule has 0 aliphatic carbocycles. The fraction of sp³-hybridized carbons (Fsp3) is 0.200. The van der Waals surface area contributed by atoms with Gasteiger partial charge < -0.3 is 19.5 Å². The second kappa shape index (κ2) is 8.43. The number of hydrogen-bond acceptors (Lipinski definition) is 4. The molecular weight excluding hydrogens is 409 g/mol. The van der Waals surface area contributed by atoms with Gasteiger partial charge in [0, 0.05) is 29.5 Å². The van der Waals surface area contributed by atoms with Crippen molar-refractivity contribution in [3.63, 3.8) is 0 Å². The minimum Gasteiger partial charge on any atom is -0.378 e. The average molecular weight is 431 g/mol. The van der Waals surface area contributed by atoms with Crippen LogP contribution in [-0.4, -0.2) is 36.8 Å². The van der Waals surface area contributed by atoms with Crippen LogP contribution in [0.2, 0.25) is 0 Å². The second-order valence-corrected chi connectivity index (χ2v) is 7.76. The van der Waals surface area contributed by atoms with Crippen molar-refractivity contribution in [1.82, 2.24) is 4.57 Å². The van der Waals surface area contributed by atoms with E-state index >= 15 is 0 Å². The van der Waals surface area contributed by atoms with Crippen LogP contribution in [0.4, 0.5) is 15.8 Å². The standard InChI is InChI=1S/C25H22FN3O3/c26-20-15-17(9-10-23(20)28-11-13-32-14-12-28)27-24(30)16-29-21-7-3-1-5-18(21)25(31)19-6-2-4-8-22(19)29/h1-10,15H,11-14,16H2,(H,27,30). The van der Waals surface area contributed by atoms with Crippen molar-refractivity contribution >= 4 is 39.1 Å². The monoisotopic (exact) mass is 431 g/mol. The van der Waals surface area contributed by atoms with Crippen LogP contribution < -0.4 is 15.6 Å². The summed E-state index contributed by atoms with van der Waals surface area (Å²) in [6, 6.07) is 19.2. The molecule has 2 heterocycles. The maximum absolute atomic E-state index is 14.7. The van der Waals surface area contributed by atoms with E-state index in [1.165, 1.54) is 6.07 Å². The van der Waals surface area contributed by atoms with E-state index < -0.39 is 0 Å². The number of nitrogens with one attached hydrogen (secondary N) is 1. The number of para-hydroxylation sites is 2. The predicted octanol–water partition coefficient (Wildman–Crippen LogP) is 3.77. The molecular formula is C25H22FN3O3. The van der Waals surface area contributed by atoms with Gasteiger partial charge in [0.05, 0.1) is 29.9 Å². The maximum atomic E-state index is 14.7. The number of aromatic nitrogens is 1. The molecule has 0 atom stereocenters. The van der Waals surface area contributed by atoms with Crippen LogP contribution in [0.25, 0.3) is 21.8 Å². The molecule has 1 aromatic heterocycles. The lowest BCUT2D eigenvalue weighted by atomic mass is 10.1. The maximum Gasteiger partial charge on any atom is 0.244 e. The van der Waals surface area contributed by atoms with Gasteiger partial charge in [0.1, 0.15) is 12.4 Å². The van der Waals surface area contributed by atoms with E-state index in [2.05, 4.69) is 5.32 Å². The Morgan fingerprint density at radius 3 is 2.19 bits per heavy atom. The summed E-state index contributed by atoms with van der Waals surface area (Å²) in [7, 11) is 0. The number of hydrogen-bond donors (Lipinski definition) is 1. The van der Waals surface area contributed by atoms with E-state index in [1.54, 1.807) is 24.3 Å². The molecule has 5 rings (SSSR count). The van der Waals surface area contributed by atoms with Crippen molar-refractivity contribution in [2.45, 2.75) is 6.54 Å². The van der Waals surface area contributed by atoms with Gasteiger partial charge in [0.25, 0.3) is 0 Å². The summed E-state index contributed by atoms with van der Waals surface area (Å²) < 4.78 is 21.8. The van der Waals surface area contributed by atoms with Crippen molar-refractivity contribution in [3.8, 4) is 0 Å². The van der Waals surface area contributed by atoms with E-state index in [0.717, 1.165) is 0 Å². The summed E-state index contributed by atoms with van der Waals surface area (Å²) in [6.07, 6.45) is 0. The van der Waals surface area contributed by atoms with Gasteiger partial charge in [-0.05, 0) is 42.5 Å². The lowest BCUT2D eigenvalue weighted by Gasteiger charge is -2.29. The second-order valence-electron chi connectivity index (χ2n) is 7.76. The van der Waals surface area contributed by atoms with Gasteiger partial charge in [-0.1, -0.05) is 24.3 Å². The molecule has 0 spiro atoms. The van der Waals surface area contributed by atoms with Gasteiger partial charge in [0.15, 0.2) is 5.43 Å². The molecule has 32 heavy (non-hydrogen) atoms. The molecule has 162 valence electrons. The van der Waals surface area contributed by atoms with Crippen molar-refractivity contribution < 1.29 is 13.9 Å². The van der Waals surface area contributed by atoms with Crippen LogP contribution in [0.15, 0.2) is 71.5 Å². The van der Waals surface area contributed by atoms with Crippen molar-refractivity contribution in [3.05, 3.63) is 82.8 Å². The van der Waals surface area contributed by atoms with Crippen LogP contribution in [0.1, 0.15) is 0 Å². The number of carbonyl (C=O) groups is 1. The number of rotatable bonds is 4. The highest BCUT2D eigenvalue weighted by molar-refractivity contribution is 5.97. The summed E-state index contributed by atoms with van der Waals surface area (Å²) in [6.45, 7) is 2.40. The number of fused-ring (bicyclic) bond motifs is 2. The average Bonchev–Trinajstić information content (AvgIpc) is 2.82. The first kappa shape index (κ1) is 20.2. The smallest absolute Gasteiger partial charge is 0.244 e. The summed E-state index contributed by atoms with van der Waals surface area (Å²) in [5.74, 6) is -0.688. The number of benzene rings is 3. The first-order valence-corrected chi connectivity index (χ1v) is 10.5. The minimum atomic E-state index is -0.385. The first-order chi connectivity index (χ1) is 15.6. The van der Waals surface area contributed by atoms with Crippen molar-refractivity contribution in [2.75, 3.05) is 36.5 Å². The predicted molar refractivity (Wildman–Crippen MR) is 124 cm³/mol. The number of halogens is 1. The Labute approximate surface area is 183 Å². The van der Waals surface area contributed by atoms with E-state index in [-0.39, 0.29) is 23.7 Å². The zero-order chi connectivity index (χ0) is 22.1. The molecule has 1 aliphatic heterocycles. The highest BCUT2D eigenvalue weighted by atomic mass is 19.1. The number of anilines is 2. The molecule has 1 fully saturated rings. The Morgan fingerprint density at radius 1 is 0.938 bits per heavy atom. The third-order valence-electron chi connectivity index (χ3n) is 5.76. The van der Waals surface area contributed by atoms with Crippen LogP contribution in [0.5, 0.6) is 0 Å². The zero-order valence-electron chi connectivity index (χ0n) is 17.4. The van der Waals surface area contributed by atoms with E-state index in [4.69, 9.17) is 4.74 Å². The third kappa shape index (κ3) is 3.71. The molecule has 0 saturated carbocycles. The van der Waals surface area contributed by atoms with E-state index in [0.29, 0.717) is 59.5 Å². The molecule has 1 amide bonds. The topological polar surface area (TPSA) is 63.6 Å².